The van der Waals surface area contributed by atoms with E-state index < -0.39 is 0 Å². The lowest BCUT2D eigenvalue weighted by molar-refractivity contribution is 0.0820. The van der Waals surface area contributed by atoms with Crippen LogP contribution >= 0.6 is 0 Å². The molecule has 0 radical (unpaired) electrons. The maximum Gasteiger partial charge on any atom is 0.131 e. The van der Waals surface area contributed by atoms with Crippen molar-refractivity contribution in [1.82, 2.24) is 15.1 Å². The number of aryl methyl sites for hydroxylation is 2. The lowest BCUT2D eigenvalue weighted by atomic mass is 10.1. The third-order valence-electron chi connectivity index (χ3n) is 3.86. The van der Waals surface area contributed by atoms with E-state index in [1.807, 2.05) is 11.7 Å². The van der Waals surface area contributed by atoms with E-state index in [1.54, 1.807) is 0 Å². The third kappa shape index (κ3) is 4.20. The van der Waals surface area contributed by atoms with Gasteiger partial charge in [0.1, 0.15) is 5.82 Å². The number of hydrogen-bond acceptors (Lipinski definition) is 4. The number of rotatable bonds is 3. The number of nitrogens with zero attached hydrogens (tertiary/aromatic N) is 3. The van der Waals surface area contributed by atoms with Crippen LogP contribution < -0.4 is 10.2 Å². The molecule has 0 bridgehead atoms. The van der Waals surface area contributed by atoms with Crippen LogP contribution in [0.5, 0.6) is 0 Å². The Kier molecular flexibility index (Phi) is 4.94. The van der Waals surface area contributed by atoms with Gasteiger partial charge in [-0.05, 0) is 41.0 Å². The van der Waals surface area contributed by atoms with Crippen molar-refractivity contribution in [3.8, 4) is 0 Å². The fourth-order valence-electron chi connectivity index (χ4n) is 2.83. The van der Waals surface area contributed by atoms with E-state index in [1.165, 1.54) is 11.4 Å². The van der Waals surface area contributed by atoms with Gasteiger partial charge in [0, 0.05) is 44.4 Å². The first-order valence-electron chi connectivity index (χ1n) is 7.92. The Labute approximate surface area is 128 Å². The summed E-state index contributed by atoms with van der Waals surface area (Å²) >= 11 is 0. The van der Waals surface area contributed by atoms with Crippen LogP contribution in [0, 0.1) is 6.92 Å². The molecule has 0 aromatic carbocycles. The van der Waals surface area contributed by atoms with Crippen LogP contribution in [0.4, 0.5) is 5.82 Å². The summed E-state index contributed by atoms with van der Waals surface area (Å²) in [6.45, 7) is 14.5. The molecular weight excluding hydrogens is 264 g/mol. The Morgan fingerprint density at radius 3 is 2.76 bits per heavy atom. The lowest BCUT2D eigenvalue weighted by Crippen LogP contribution is -2.37. The van der Waals surface area contributed by atoms with Crippen LogP contribution in [0.3, 0.4) is 0 Å². The average Bonchev–Trinajstić information content (AvgIpc) is 2.52. The zero-order valence-corrected chi connectivity index (χ0v) is 14.4. The topological polar surface area (TPSA) is 42.3 Å². The smallest absolute Gasteiger partial charge is 0.131 e. The Morgan fingerprint density at radius 2 is 2.10 bits per heavy atom. The van der Waals surface area contributed by atoms with Gasteiger partial charge in [-0.3, -0.25) is 4.68 Å². The van der Waals surface area contributed by atoms with Gasteiger partial charge in [-0.1, -0.05) is 0 Å². The second-order valence-electron chi connectivity index (χ2n) is 7.10. The van der Waals surface area contributed by atoms with Crippen molar-refractivity contribution in [3.63, 3.8) is 0 Å². The van der Waals surface area contributed by atoms with E-state index in [9.17, 15) is 0 Å². The summed E-state index contributed by atoms with van der Waals surface area (Å²) in [6.07, 6.45) is 1.34. The minimum absolute atomic E-state index is 0.106. The van der Waals surface area contributed by atoms with E-state index in [-0.39, 0.29) is 11.6 Å². The highest BCUT2D eigenvalue weighted by molar-refractivity contribution is 5.50. The molecule has 2 rings (SSSR count). The summed E-state index contributed by atoms with van der Waals surface area (Å²) in [5, 5.41) is 8.22. The van der Waals surface area contributed by atoms with E-state index in [0.717, 1.165) is 38.4 Å². The van der Waals surface area contributed by atoms with Crippen molar-refractivity contribution in [2.45, 2.75) is 59.2 Å². The summed E-state index contributed by atoms with van der Waals surface area (Å²) < 4.78 is 7.79. The molecule has 1 aliphatic rings. The average molecular weight is 294 g/mol. The third-order valence-corrected chi connectivity index (χ3v) is 3.86. The Hall–Kier alpha value is -1.07. The van der Waals surface area contributed by atoms with Gasteiger partial charge in [0.15, 0.2) is 0 Å². The molecule has 1 saturated heterocycles. The van der Waals surface area contributed by atoms with Crippen LogP contribution in [-0.4, -0.2) is 41.1 Å². The molecule has 0 amide bonds. The number of nitrogens with one attached hydrogen (secondary N) is 1. The van der Waals surface area contributed by atoms with E-state index >= 15 is 0 Å². The van der Waals surface area contributed by atoms with Crippen molar-refractivity contribution in [2.24, 2.45) is 7.05 Å². The first-order valence-corrected chi connectivity index (χ1v) is 7.92. The van der Waals surface area contributed by atoms with Gasteiger partial charge in [-0.15, -0.1) is 0 Å². The van der Waals surface area contributed by atoms with Crippen molar-refractivity contribution in [1.29, 1.82) is 0 Å². The highest BCUT2D eigenvalue weighted by atomic mass is 16.5. The van der Waals surface area contributed by atoms with E-state index in [0.29, 0.717) is 0 Å². The molecule has 1 aromatic rings. The molecule has 0 aliphatic carbocycles. The summed E-state index contributed by atoms with van der Waals surface area (Å²) in [7, 11) is 2.04. The summed E-state index contributed by atoms with van der Waals surface area (Å²) in [5.41, 5.74) is 2.53. The molecule has 1 aliphatic heterocycles. The molecule has 0 saturated carbocycles. The van der Waals surface area contributed by atoms with Crippen LogP contribution in [0.1, 0.15) is 45.4 Å². The zero-order valence-electron chi connectivity index (χ0n) is 14.4. The van der Waals surface area contributed by atoms with E-state index in [2.05, 4.69) is 49.9 Å². The zero-order chi connectivity index (χ0) is 15.6. The molecule has 5 heteroatoms. The molecule has 21 heavy (non-hydrogen) atoms. The molecule has 1 unspecified atom stereocenters. The maximum atomic E-state index is 5.77. The monoisotopic (exact) mass is 294 g/mol. The second-order valence-corrected chi connectivity index (χ2v) is 7.10. The van der Waals surface area contributed by atoms with Crippen LogP contribution in [0.2, 0.25) is 0 Å². The van der Waals surface area contributed by atoms with Crippen molar-refractivity contribution in [2.75, 3.05) is 24.6 Å². The summed E-state index contributed by atoms with van der Waals surface area (Å²) in [4.78, 5) is 2.43. The highest BCUT2D eigenvalue weighted by Gasteiger charge is 2.23. The fourth-order valence-corrected chi connectivity index (χ4v) is 2.83. The molecule has 1 aromatic heterocycles. The highest BCUT2D eigenvalue weighted by Crippen LogP contribution is 2.25. The molecule has 120 valence electrons. The standard InChI is InChI=1S/C16H30N4O/c1-12-11-20(8-7-9-21-12)15-14(10-17-16(3,4)5)13(2)18-19(15)6/h12,17H,7-11H2,1-6H3. The number of aromatic nitrogens is 2. The number of ether oxygens (including phenoxy) is 1. The molecule has 1 fully saturated rings. The summed E-state index contributed by atoms with van der Waals surface area (Å²) in [6, 6.07) is 0. The van der Waals surface area contributed by atoms with Crippen LogP contribution in [-0.2, 0) is 18.3 Å². The van der Waals surface area contributed by atoms with Gasteiger partial charge in [0.25, 0.3) is 0 Å². The molecule has 1 atom stereocenters. The minimum Gasteiger partial charge on any atom is -0.377 e. The first kappa shape index (κ1) is 16.3. The van der Waals surface area contributed by atoms with Gasteiger partial charge in [0.2, 0.25) is 0 Å². The second kappa shape index (κ2) is 6.36. The van der Waals surface area contributed by atoms with Gasteiger partial charge >= 0.3 is 0 Å². The number of anilines is 1. The molecule has 0 spiro atoms. The van der Waals surface area contributed by atoms with Crippen LogP contribution in [0.25, 0.3) is 0 Å². The maximum absolute atomic E-state index is 5.77. The largest absolute Gasteiger partial charge is 0.377 e. The Morgan fingerprint density at radius 1 is 1.38 bits per heavy atom. The van der Waals surface area contributed by atoms with Crippen LogP contribution in [0.15, 0.2) is 0 Å². The van der Waals surface area contributed by atoms with Crippen molar-refractivity contribution < 1.29 is 4.74 Å². The van der Waals surface area contributed by atoms with Gasteiger partial charge in [-0.25, -0.2) is 0 Å². The molecular formula is C16H30N4O. The predicted octanol–water partition coefficient (Wildman–Crippen LogP) is 2.23. The fraction of sp³-hybridized carbons (Fsp3) is 0.812. The van der Waals surface area contributed by atoms with Crippen molar-refractivity contribution in [3.05, 3.63) is 11.3 Å². The van der Waals surface area contributed by atoms with Gasteiger partial charge in [0.05, 0.1) is 11.8 Å². The minimum atomic E-state index is 0.106. The van der Waals surface area contributed by atoms with Gasteiger partial charge in [-0.2, -0.15) is 5.10 Å². The van der Waals surface area contributed by atoms with Crippen molar-refractivity contribution >= 4 is 5.82 Å². The molecule has 5 nitrogen and oxygen atoms in total. The van der Waals surface area contributed by atoms with E-state index in [4.69, 9.17) is 4.74 Å². The quantitative estimate of drug-likeness (QED) is 0.928. The SMILES string of the molecule is Cc1nn(C)c(N2CCCOC(C)C2)c1CNC(C)(C)C. The predicted molar refractivity (Wildman–Crippen MR) is 86.8 cm³/mol. The normalized spacial score (nSPS) is 20.7. The first-order chi connectivity index (χ1) is 9.78. The number of hydrogen-bond donors (Lipinski definition) is 1. The Balaban J connectivity index is 2.25. The summed E-state index contributed by atoms with van der Waals surface area (Å²) in [5.74, 6) is 1.24. The Bertz CT molecular complexity index is 475. The molecule has 1 N–H and O–H groups in total. The van der Waals surface area contributed by atoms with Gasteiger partial charge < -0.3 is 15.0 Å². The lowest BCUT2D eigenvalue weighted by Gasteiger charge is -2.27. The molecule has 2 heterocycles.